The molecule has 8 nitrogen and oxygen atoms in total. The number of amides is 1. The third-order valence-corrected chi connectivity index (χ3v) is 6.51. The second-order valence-electron chi connectivity index (χ2n) is 7.80. The monoisotopic (exact) mass is 406 g/mol. The van der Waals surface area contributed by atoms with Crippen LogP contribution in [0.5, 0.6) is 0 Å². The van der Waals surface area contributed by atoms with Crippen molar-refractivity contribution in [2.75, 3.05) is 19.8 Å². The number of carbonyl (C=O) groups excluding carboxylic acids is 1. The van der Waals surface area contributed by atoms with E-state index in [0.717, 1.165) is 25.8 Å². The summed E-state index contributed by atoms with van der Waals surface area (Å²) < 4.78 is 5.72. The fraction of sp³-hybridized carbons (Fsp3) is 0.944. The topological polar surface area (TPSA) is 122 Å². The Kier molecular flexibility index (Phi) is 8.35. The molecule has 3 unspecified atom stereocenters. The number of rotatable bonds is 7. The zero-order valence-electron chi connectivity index (χ0n) is 16.5. The molecular formula is C18H34N2O6S. The molecule has 2 saturated heterocycles. The summed E-state index contributed by atoms with van der Waals surface area (Å²) in [5.41, 5.74) is -0.755. The number of likely N-dealkylation sites (N-methyl/N-ethyl adjacent to an activating group) is 1. The van der Waals surface area contributed by atoms with Gasteiger partial charge in [-0.15, -0.1) is 11.8 Å². The van der Waals surface area contributed by atoms with Crippen LogP contribution in [0.4, 0.5) is 0 Å². The Morgan fingerprint density at radius 1 is 1.30 bits per heavy atom. The van der Waals surface area contributed by atoms with Gasteiger partial charge in [0.2, 0.25) is 5.91 Å². The summed E-state index contributed by atoms with van der Waals surface area (Å²) in [6.45, 7) is 4.48. The quantitative estimate of drug-likeness (QED) is 0.370. The van der Waals surface area contributed by atoms with Crippen LogP contribution in [0.2, 0.25) is 0 Å². The molecule has 0 bridgehead atoms. The number of carbonyl (C=O) groups is 1. The Morgan fingerprint density at radius 2 is 1.96 bits per heavy atom. The van der Waals surface area contributed by atoms with Crippen molar-refractivity contribution in [3.05, 3.63) is 0 Å². The van der Waals surface area contributed by atoms with Gasteiger partial charge < -0.3 is 30.5 Å². The number of aliphatic hydroxyl groups excluding tert-OH is 4. The number of nitrogens with one attached hydrogen (secondary N) is 1. The van der Waals surface area contributed by atoms with Gasteiger partial charge in [0.05, 0.1) is 18.2 Å². The molecule has 9 heteroatoms. The zero-order valence-corrected chi connectivity index (χ0v) is 17.3. The number of thioether (sulfide) groups is 1. The van der Waals surface area contributed by atoms with Crippen molar-refractivity contribution in [1.29, 1.82) is 0 Å². The SMILES string of the molecule is CCC[C@@H]1C[C@@H](C(=O)NC(C(C)O)C2O[C@H](SC)[C@H](O)[C@H](O)[C@@H]2O)N(C)C1. The lowest BCUT2D eigenvalue weighted by Gasteiger charge is -2.44. The first-order valence-corrected chi connectivity index (χ1v) is 10.9. The van der Waals surface area contributed by atoms with E-state index in [4.69, 9.17) is 4.74 Å². The van der Waals surface area contributed by atoms with Crippen molar-refractivity contribution < 1.29 is 30.0 Å². The number of hydrogen-bond donors (Lipinski definition) is 5. The number of aliphatic hydroxyl groups is 4. The average Bonchev–Trinajstić information content (AvgIpc) is 2.99. The van der Waals surface area contributed by atoms with Gasteiger partial charge in [0, 0.05) is 6.54 Å². The van der Waals surface area contributed by atoms with Crippen LogP contribution in [0.1, 0.15) is 33.1 Å². The predicted octanol–water partition coefficient (Wildman–Crippen LogP) is -0.857. The number of ether oxygens (including phenoxy) is 1. The van der Waals surface area contributed by atoms with Gasteiger partial charge in [0.1, 0.15) is 29.9 Å². The average molecular weight is 407 g/mol. The molecule has 2 aliphatic heterocycles. The summed E-state index contributed by atoms with van der Waals surface area (Å²) in [7, 11) is 1.91. The Hall–Kier alpha value is -0.420. The first kappa shape index (κ1) is 22.9. The fourth-order valence-electron chi connectivity index (χ4n) is 4.13. The van der Waals surface area contributed by atoms with Gasteiger partial charge in [-0.25, -0.2) is 0 Å². The summed E-state index contributed by atoms with van der Waals surface area (Å²) in [5, 5.41) is 43.5. The Labute approximate surface area is 165 Å². The highest BCUT2D eigenvalue weighted by atomic mass is 32.2. The summed E-state index contributed by atoms with van der Waals surface area (Å²) in [5.74, 6) is 0.245. The molecule has 0 aliphatic carbocycles. The van der Waals surface area contributed by atoms with Crippen LogP contribution in [-0.4, -0.2) is 99.1 Å². The molecule has 0 aromatic carbocycles. The minimum atomic E-state index is -1.42. The van der Waals surface area contributed by atoms with E-state index in [-0.39, 0.29) is 11.9 Å². The van der Waals surface area contributed by atoms with Gasteiger partial charge >= 0.3 is 0 Å². The van der Waals surface area contributed by atoms with Crippen LogP contribution in [0.15, 0.2) is 0 Å². The van der Waals surface area contributed by atoms with Crippen molar-refractivity contribution in [1.82, 2.24) is 10.2 Å². The van der Waals surface area contributed by atoms with E-state index in [1.807, 2.05) is 11.9 Å². The van der Waals surface area contributed by atoms with E-state index in [2.05, 4.69) is 12.2 Å². The van der Waals surface area contributed by atoms with Gasteiger partial charge in [0.15, 0.2) is 0 Å². The minimum Gasteiger partial charge on any atom is -0.391 e. The zero-order chi connectivity index (χ0) is 20.3. The van der Waals surface area contributed by atoms with E-state index in [9.17, 15) is 25.2 Å². The lowest BCUT2D eigenvalue weighted by Crippen LogP contribution is -2.65. The van der Waals surface area contributed by atoms with E-state index in [1.165, 1.54) is 18.7 Å². The minimum absolute atomic E-state index is 0.223. The lowest BCUT2D eigenvalue weighted by atomic mass is 9.92. The van der Waals surface area contributed by atoms with Crippen molar-refractivity contribution in [3.63, 3.8) is 0 Å². The molecule has 9 atom stereocenters. The van der Waals surface area contributed by atoms with Crippen molar-refractivity contribution in [2.45, 2.75) is 81.1 Å². The first-order chi connectivity index (χ1) is 12.7. The molecule has 2 heterocycles. The van der Waals surface area contributed by atoms with Gasteiger partial charge in [-0.3, -0.25) is 9.69 Å². The molecule has 0 spiro atoms. The second-order valence-corrected chi connectivity index (χ2v) is 8.73. The highest BCUT2D eigenvalue weighted by Crippen LogP contribution is 2.30. The molecule has 5 N–H and O–H groups in total. The standard InChI is InChI=1S/C18H34N2O6S/c1-5-6-10-7-11(20(3)8-10)17(25)19-12(9(2)21)16-14(23)13(22)15(24)18(26-16)27-4/h9-16,18,21-24H,5-8H2,1-4H3,(H,19,25)/t9?,10-,11+,12?,13-,14+,15-,16?,18-/m1/s1. The summed E-state index contributed by atoms with van der Waals surface area (Å²) in [4.78, 5) is 14.9. The number of likely N-dealkylation sites (tertiary alicyclic amines) is 1. The Morgan fingerprint density at radius 3 is 2.52 bits per heavy atom. The molecule has 0 aromatic heterocycles. The molecule has 0 saturated carbocycles. The molecule has 2 fully saturated rings. The van der Waals surface area contributed by atoms with E-state index >= 15 is 0 Å². The third kappa shape index (κ3) is 5.14. The van der Waals surface area contributed by atoms with Gasteiger partial charge in [-0.1, -0.05) is 13.3 Å². The first-order valence-electron chi connectivity index (χ1n) is 9.62. The predicted molar refractivity (Wildman–Crippen MR) is 103 cm³/mol. The molecule has 0 radical (unpaired) electrons. The maximum atomic E-state index is 12.8. The highest BCUT2D eigenvalue weighted by Gasteiger charge is 2.48. The third-order valence-electron chi connectivity index (χ3n) is 5.66. The Balaban J connectivity index is 2.09. The highest BCUT2D eigenvalue weighted by molar-refractivity contribution is 7.99. The normalized spacial score (nSPS) is 39.9. The summed E-state index contributed by atoms with van der Waals surface area (Å²) in [6.07, 6.45) is -1.50. The van der Waals surface area contributed by atoms with Gasteiger partial charge in [-0.2, -0.15) is 0 Å². The van der Waals surface area contributed by atoms with Crippen molar-refractivity contribution >= 4 is 17.7 Å². The molecular weight excluding hydrogens is 372 g/mol. The van der Waals surface area contributed by atoms with Gasteiger partial charge in [0.25, 0.3) is 0 Å². The van der Waals surface area contributed by atoms with Crippen LogP contribution in [-0.2, 0) is 9.53 Å². The van der Waals surface area contributed by atoms with Crippen LogP contribution in [0.25, 0.3) is 0 Å². The van der Waals surface area contributed by atoms with Crippen molar-refractivity contribution in [3.8, 4) is 0 Å². The number of nitrogens with zero attached hydrogens (tertiary/aromatic N) is 1. The van der Waals surface area contributed by atoms with Crippen LogP contribution >= 0.6 is 11.8 Å². The van der Waals surface area contributed by atoms with E-state index < -0.39 is 42.0 Å². The fourth-order valence-corrected chi connectivity index (χ4v) is 4.81. The van der Waals surface area contributed by atoms with E-state index in [0.29, 0.717) is 5.92 Å². The molecule has 158 valence electrons. The largest absolute Gasteiger partial charge is 0.391 e. The second kappa shape index (κ2) is 9.87. The van der Waals surface area contributed by atoms with Crippen LogP contribution in [0, 0.1) is 5.92 Å². The molecule has 27 heavy (non-hydrogen) atoms. The van der Waals surface area contributed by atoms with Crippen LogP contribution in [0.3, 0.4) is 0 Å². The van der Waals surface area contributed by atoms with Crippen LogP contribution < -0.4 is 5.32 Å². The summed E-state index contributed by atoms with van der Waals surface area (Å²) >= 11 is 1.20. The molecule has 1 amide bonds. The maximum absolute atomic E-state index is 12.8. The van der Waals surface area contributed by atoms with E-state index in [1.54, 1.807) is 6.26 Å². The molecule has 2 aliphatic rings. The Bertz CT molecular complexity index is 494. The molecule has 2 rings (SSSR count). The smallest absolute Gasteiger partial charge is 0.237 e. The van der Waals surface area contributed by atoms with Crippen molar-refractivity contribution in [2.24, 2.45) is 5.92 Å². The van der Waals surface area contributed by atoms with Gasteiger partial charge in [-0.05, 0) is 39.0 Å². The number of hydrogen-bond acceptors (Lipinski definition) is 8. The maximum Gasteiger partial charge on any atom is 0.237 e. The molecule has 0 aromatic rings. The summed E-state index contributed by atoms with van der Waals surface area (Å²) in [6, 6.07) is -1.20. The lowest BCUT2D eigenvalue weighted by molar-refractivity contribution is -0.211.